The van der Waals surface area contributed by atoms with Gasteiger partial charge in [-0.25, -0.2) is 0 Å². The van der Waals surface area contributed by atoms with Gasteiger partial charge in [-0.15, -0.1) is 0 Å². The third-order valence-electron chi connectivity index (χ3n) is 6.09. The zero-order chi connectivity index (χ0) is 25.8. The van der Waals surface area contributed by atoms with Crippen LogP contribution in [0, 0.1) is 0 Å². The van der Waals surface area contributed by atoms with Crippen LogP contribution in [-0.4, -0.2) is 72.6 Å². The first kappa shape index (κ1) is 24.9. The van der Waals surface area contributed by atoms with E-state index in [9.17, 15) is 29.1 Å². The number of aliphatic hydroxyl groups excluding tert-OH is 1. The maximum Gasteiger partial charge on any atom is 0.308 e. The molecule has 1 unspecified atom stereocenters. The number of hydrogen-bond donors (Lipinski definition) is 3. The molecule has 1 saturated heterocycles. The SMILES string of the molecule is CC1OC(=O)C[C@@H]1NC(=O)CN1C(=O)[C@@H](NC(=O)c2ccccc2)CN(C(=O)CO)c2ccccc21. The summed E-state index contributed by atoms with van der Waals surface area (Å²) in [7, 11) is 0. The summed E-state index contributed by atoms with van der Waals surface area (Å²) in [5, 5.41) is 14.9. The van der Waals surface area contributed by atoms with Gasteiger partial charge in [0.2, 0.25) is 5.91 Å². The van der Waals surface area contributed by atoms with Crippen LogP contribution >= 0.6 is 0 Å². The van der Waals surface area contributed by atoms with Gasteiger partial charge in [-0.05, 0) is 31.2 Å². The lowest BCUT2D eigenvalue weighted by Crippen LogP contribution is -2.55. The van der Waals surface area contributed by atoms with Gasteiger partial charge in [0.05, 0.1) is 30.4 Å². The molecule has 2 aliphatic heterocycles. The van der Waals surface area contributed by atoms with Crippen LogP contribution in [0.3, 0.4) is 0 Å². The smallest absolute Gasteiger partial charge is 0.308 e. The van der Waals surface area contributed by atoms with Crippen molar-refractivity contribution in [2.75, 3.05) is 29.5 Å². The molecule has 2 aromatic carbocycles. The minimum absolute atomic E-state index is 0.0198. The van der Waals surface area contributed by atoms with Crippen LogP contribution in [0.5, 0.6) is 0 Å². The number of carbonyl (C=O) groups excluding carboxylic acids is 5. The number of benzene rings is 2. The van der Waals surface area contributed by atoms with Gasteiger partial charge in [-0.3, -0.25) is 28.9 Å². The molecular formula is C25H26N4O7. The van der Waals surface area contributed by atoms with E-state index in [-0.39, 0.29) is 18.7 Å². The third-order valence-corrected chi connectivity index (χ3v) is 6.09. The summed E-state index contributed by atoms with van der Waals surface area (Å²) in [4.78, 5) is 66.0. The Balaban J connectivity index is 1.64. The third kappa shape index (κ3) is 5.20. The molecule has 11 nitrogen and oxygen atoms in total. The summed E-state index contributed by atoms with van der Waals surface area (Å²) in [6.45, 7) is 0.186. The predicted molar refractivity (Wildman–Crippen MR) is 128 cm³/mol. The highest BCUT2D eigenvalue weighted by Crippen LogP contribution is 2.33. The van der Waals surface area contributed by atoms with Crippen molar-refractivity contribution in [1.29, 1.82) is 0 Å². The first-order valence-corrected chi connectivity index (χ1v) is 11.4. The molecule has 1 fully saturated rings. The van der Waals surface area contributed by atoms with E-state index in [1.807, 2.05) is 0 Å². The largest absolute Gasteiger partial charge is 0.460 e. The van der Waals surface area contributed by atoms with Crippen LogP contribution in [0.1, 0.15) is 23.7 Å². The van der Waals surface area contributed by atoms with Gasteiger partial charge in [0, 0.05) is 5.56 Å². The first-order valence-electron chi connectivity index (χ1n) is 11.4. The van der Waals surface area contributed by atoms with E-state index in [4.69, 9.17) is 4.74 Å². The molecule has 36 heavy (non-hydrogen) atoms. The second-order valence-corrected chi connectivity index (χ2v) is 8.54. The normalized spacial score (nSPS) is 21.3. The molecule has 4 rings (SSSR count). The van der Waals surface area contributed by atoms with Crippen molar-refractivity contribution in [3.8, 4) is 0 Å². The fourth-order valence-electron chi connectivity index (χ4n) is 4.26. The molecule has 0 aliphatic carbocycles. The molecule has 2 aliphatic rings. The Morgan fingerprint density at radius 1 is 1.00 bits per heavy atom. The maximum absolute atomic E-state index is 13.7. The number of aliphatic hydroxyl groups is 1. The second kappa shape index (κ2) is 10.6. The monoisotopic (exact) mass is 494 g/mol. The Bertz CT molecular complexity index is 1190. The average molecular weight is 495 g/mol. The molecule has 0 aromatic heterocycles. The quantitative estimate of drug-likeness (QED) is 0.479. The van der Waals surface area contributed by atoms with Crippen LogP contribution < -0.4 is 20.4 Å². The molecule has 0 spiro atoms. The molecule has 2 heterocycles. The number of ether oxygens (including phenoxy) is 1. The summed E-state index contributed by atoms with van der Waals surface area (Å²) >= 11 is 0. The highest BCUT2D eigenvalue weighted by molar-refractivity contribution is 6.11. The van der Waals surface area contributed by atoms with Crippen molar-refractivity contribution in [3.63, 3.8) is 0 Å². The van der Waals surface area contributed by atoms with E-state index in [1.54, 1.807) is 61.5 Å². The van der Waals surface area contributed by atoms with Gasteiger partial charge in [-0.1, -0.05) is 30.3 Å². The Hall–Kier alpha value is -4.25. The molecular weight excluding hydrogens is 468 g/mol. The second-order valence-electron chi connectivity index (χ2n) is 8.54. The van der Waals surface area contributed by atoms with Crippen molar-refractivity contribution in [2.24, 2.45) is 0 Å². The standard InChI is InChI=1S/C25H26N4O7/c1-15-17(11-23(33)36-15)26-21(31)13-29-20-10-6-5-9-19(20)28(22(32)14-30)12-18(25(29)35)27-24(34)16-7-3-2-4-8-16/h2-10,15,17-18,30H,11-14H2,1H3,(H,26,31)(H,27,34)/t15?,17-,18-/m0/s1. The van der Waals surface area contributed by atoms with Crippen LogP contribution in [0.25, 0.3) is 0 Å². The Morgan fingerprint density at radius 3 is 2.31 bits per heavy atom. The molecule has 0 bridgehead atoms. The minimum atomic E-state index is -1.20. The van der Waals surface area contributed by atoms with Gasteiger partial charge in [-0.2, -0.15) is 0 Å². The number of hydrogen-bond acceptors (Lipinski definition) is 7. The fraction of sp³-hybridized carbons (Fsp3) is 0.320. The van der Waals surface area contributed by atoms with Gasteiger partial charge in [0.25, 0.3) is 17.7 Å². The summed E-state index contributed by atoms with van der Waals surface area (Å²) in [6.07, 6.45) is -0.490. The summed E-state index contributed by atoms with van der Waals surface area (Å²) in [5.74, 6) is -2.77. The fourth-order valence-corrected chi connectivity index (χ4v) is 4.26. The lowest BCUT2D eigenvalue weighted by molar-refractivity contribution is -0.141. The number of anilines is 2. The van der Waals surface area contributed by atoms with E-state index in [0.29, 0.717) is 11.3 Å². The highest BCUT2D eigenvalue weighted by Gasteiger charge is 2.38. The summed E-state index contributed by atoms with van der Waals surface area (Å²) < 4.78 is 5.07. The van der Waals surface area contributed by atoms with E-state index in [1.165, 1.54) is 9.80 Å². The van der Waals surface area contributed by atoms with Gasteiger partial charge in [0.1, 0.15) is 25.3 Å². The van der Waals surface area contributed by atoms with Crippen molar-refractivity contribution in [3.05, 3.63) is 60.2 Å². The number of esters is 1. The summed E-state index contributed by atoms with van der Waals surface area (Å²) in [6, 6.07) is 13.0. The number of carbonyl (C=O) groups is 5. The van der Waals surface area contributed by atoms with Crippen molar-refractivity contribution in [1.82, 2.24) is 10.6 Å². The minimum Gasteiger partial charge on any atom is -0.460 e. The van der Waals surface area contributed by atoms with Crippen LogP contribution in [0.2, 0.25) is 0 Å². The number of amides is 4. The van der Waals surface area contributed by atoms with Crippen LogP contribution in [0.15, 0.2) is 54.6 Å². The first-order chi connectivity index (χ1) is 17.3. The number of nitrogens with one attached hydrogen (secondary N) is 2. The number of fused-ring (bicyclic) bond motifs is 1. The lowest BCUT2D eigenvalue weighted by atomic mass is 10.1. The van der Waals surface area contributed by atoms with Crippen LogP contribution in [0.4, 0.5) is 11.4 Å². The summed E-state index contributed by atoms with van der Waals surface area (Å²) in [5.41, 5.74) is 0.890. The van der Waals surface area contributed by atoms with E-state index in [2.05, 4.69) is 10.6 Å². The predicted octanol–water partition coefficient (Wildman–Crippen LogP) is -0.0227. The topological polar surface area (TPSA) is 145 Å². The molecule has 0 radical (unpaired) electrons. The maximum atomic E-state index is 13.7. The molecule has 4 amide bonds. The number of rotatable bonds is 6. The Kier molecular flexibility index (Phi) is 7.30. The number of nitrogens with zero attached hydrogens (tertiary/aromatic N) is 2. The molecule has 11 heteroatoms. The molecule has 3 atom stereocenters. The zero-order valence-corrected chi connectivity index (χ0v) is 19.5. The van der Waals surface area contributed by atoms with Crippen molar-refractivity contribution >= 4 is 41.0 Å². The molecule has 3 N–H and O–H groups in total. The Morgan fingerprint density at radius 2 is 1.67 bits per heavy atom. The van der Waals surface area contributed by atoms with Gasteiger partial charge < -0.3 is 25.4 Å². The molecule has 0 saturated carbocycles. The van der Waals surface area contributed by atoms with Crippen LogP contribution in [-0.2, 0) is 23.9 Å². The highest BCUT2D eigenvalue weighted by atomic mass is 16.6. The van der Waals surface area contributed by atoms with Crippen molar-refractivity contribution < 1.29 is 33.8 Å². The number of para-hydroxylation sites is 2. The number of cyclic esters (lactones) is 1. The van der Waals surface area contributed by atoms with E-state index < -0.39 is 60.9 Å². The molecule has 2 aromatic rings. The lowest BCUT2D eigenvalue weighted by Gasteiger charge is -2.26. The molecule has 188 valence electrons. The van der Waals surface area contributed by atoms with Gasteiger partial charge >= 0.3 is 5.97 Å². The van der Waals surface area contributed by atoms with E-state index in [0.717, 1.165) is 0 Å². The zero-order valence-electron chi connectivity index (χ0n) is 19.5. The van der Waals surface area contributed by atoms with E-state index >= 15 is 0 Å². The van der Waals surface area contributed by atoms with Crippen molar-refractivity contribution in [2.45, 2.75) is 31.5 Å². The Labute approximate surface area is 207 Å². The average Bonchev–Trinajstić information content (AvgIpc) is 3.14. The van der Waals surface area contributed by atoms with Gasteiger partial charge in [0.15, 0.2) is 0 Å².